The van der Waals surface area contributed by atoms with Gasteiger partial charge in [-0.3, -0.25) is 0 Å². The SMILES string of the molecule is CCCCCCOc1c(Br)cc(C(N)=S)cc1OCC. The van der Waals surface area contributed by atoms with Crippen molar-refractivity contribution in [1.29, 1.82) is 0 Å². The Labute approximate surface area is 135 Å². The number of nitrogens with two attached hydrogens (primary N) is 1. The van der Waals surface area contributed by atoms with Crippen molar-refractivity contribution in [3.05, 3.63) is 22.2 Å². The highest BCUT2D eigenvalue weighted by Gasteiger charge is 2.13. The molecule has 0 fully saturated rings. The van der Waals surface area contributed by atoms with Crippen molar-refractivity contribution in [3.8, 4) is 11.5 Å². The molecule has 0 aliphatic heterocycles. The quantitative estimate of drug-likeness (QED) is 0.522. The van der Waals surface area contributed by atoms with Gasteiger partial charge in [0.15, 0.2) is 11.5 Å². The fraction of sp³-hybridized carbons (Fsp3) is 0.533. The molecule has 2 N–H and O–H groups in total. The summed E-state index contributed by atoms with van der Waals surface area (Å²) >= 11 is 8.50. The summed E-state index contributed by atoms with van der Waals surface area (Å²) in [6.07, 6.45) is 4.69. The van der Waals surface area contributed by atoms with E-state index in [4.69, 9.17) is 27.4 Å². The molecule has 0 radical (unpaired) electrons. The van der Waals surface area contributed by atoms with E-state index in [0.29, 0.717) is 24.0 Å². The monoisotopic (exact) mass is 359 g/mol. The molecule has 0 saturated carbocycles. The van der Waals surface area contributed by atoms with Gasteiger partial charge < -0.3 is 15.2 Å². The largest absolute Gasteiger partial charge is 0.490 e. The van der Waals surface area contributed by atoms with E-state index in [0.717, 1.165) is 22.2 Å². The molecule has 0 amide bonds. The molecule has 0 bridgehead atoms. The molecule has 0 aromatic heterocycles. The highest BCUT2D eigenvalue weighted by molar-refractivity contribution is 9.10. The first kappa shape index (κ1) is 17.2. The summed E-state index contributed by atoms with van der Waals surface area (Å²) in [4.78, 5) is 0.348. The summed E-state index contributed by atoms with van der Waals surface area (Å²) < 4.78 is 12.3. The molecule has 1 aromatic carbocycles. The van der Waals surface area contributed by atoms with E-state index in [2.05, 4.69) is 22.9 Å². The predicted octanol–water partition coefficient (Wildman–Crippen LogP) is 4.44. The van der Waals surface area contributed by atoms with Gasteiger partial charge in [0, 0.05) is 5.56 Å². The zero-order valence-electron chi connectivity index (χ0n) is 12.1. The predicted molar refractivity (Wildman–Crippen MR) is 90.8 cm³/mol. The van der Waals surface area contributed by atoms with E-state index in [1.54, 1.807) is 0 Å². The van der Waals surface area contributed by atoms with E-state index in [1.165, 1.54) is 19.3 Å². The fourth-order valence-corrected chi connectivity index (χ4v) is 2.49. The maximum Gasteiger partial charge on any atom is 0.175 e. The van der Waals surface area contributed by atoms with Crippen molar-refractivity contribution in [2.75, 3.05) is 13.2 Å². The van der Waals surface area contributed by atoms with Crippen LogP contribution in [0.5, 0.6) is 11.5 Å². The number of rotatable bonds is 9. The maximum absolute atomic E-state index is 5.85. The molecule has 5 heteroatoms. The molecule has 0 saturated heterocycles. The zero-order valence-corrected chi connectivity index (χ0v) is 14.5. The molecular formula is C15H22BrNO2S. The van der Waals surface area contributed by atoms with E-state index in [-0.39, 0.29) is 0 Å². The molecule has 20 heavy (non-hydrogen) atoms. The number of unbranched alkanes of at least 4 members (excludes halogenated alkanes) is 3. The van der Waals surface area contributed by atoms with Crippen LogP contribution in [0.4, 0.5) is 0 Å². The van der Waals surface area contributed by atoms with Crippen LogP contribution in [0.15, 0.2) is 16.6 Å². The average molecular weight is 360 g/mol. The van der Waals surface area contributed by atoms with Crippen LogP contribution in [0.2, 0.25) is 0 Å². The molecule has 0 aliphatic rings. The average Bonchev–Trinajstić information content (AvgIpc) is 2.40. The lowest BCUT2D eigenvalue weighted by Gasteiger charge is -2.15. The normalized spacial score (nSPS) is 10.3. The number of hydrogen-bond donors (Lipinski definition) is 1. The molecular weight excluding hydrogens is 338 g/mol. The molecule has 0 spiro atoms. The second-order valence-corrected chi connectivity index (χ2v) is 5.79. The lowest BCUT2D eigenvalue weighted by atomic mass is 10.2. The van der Waals surface area contributed by atoms with Gasteiger partial charge in [-0.15, -0.1) is 0 Å². The van der Waals surface area contributed by atoms with Gasteiger partial charge in [0.05, 0.1) is 17.7 Å². The van der Waals surface area contributed by atoms with Crippen LogP contribution in [0.1, 0.15) is 45.1 Å². The number of hydrogen-bond acceptors (Lipinski definition) is 3. The van der Waals surface area contributed by atoms with Crippen molar-refractivity contribution >= 4 is 33.1 Å². The topological polar surface area (TPSA) is 44.5 Å². The molecule has 0 heterocycles. The summed E-state index contributed by atoms with van der Waals surface area (Å²) in [5.74, 6) is 1.41. The lowest BCUT2D eigenvalue weighted by molar-refractivity contribution is 0.269. The standard InChI is InChI=1S/C15H22BrNO2S/c1-3-5-6-7-8-19-14-12(16)9-11(15(17)20)10-13(14)18-4-2/h9-10H,3-8H2,1-2H3,(H2,17,20). The summed E-state index contributed by atoms with van der Waals surface area (Å²) in [6, 6.07) is 3.70. The first-order valence-electron chi connectivity index (χ1n) is 6.99. The Hall–Kier alpha value is -0.810. The molecule has 1 rings (SSSR count). The Kier molecular flexibility index (Phi) is 7.92. The Morgan fingerprint density at radius 1 is 1.20 bits per heavy atom. The van der Waals surface area contributed by atoms with E-state index in [1.807, 2.05) is 19.1 Å². The Morgan fingerprint density at radius 3 is 2.55 bits per heavy atom. The van der Waals surface area contributed by atoms with Crippen molar-refractivity contribution in [2.24, 2.45) is 5.73 Å². The van der Waals surface area contributed by atoms with Crippen molar-refractivity contribution < 1.29 is 9.47 Å². The van der Waals surface area contributed by atoms with E-state index < -0.39 is 0 Å². The van der Waals surface area contributed by atoms with Gasteiger partial charge in [-0.1, -0.05) is 38.4 Å². The summed E-state index contributed by atoms with van der Waals surface area (Å²) in [5, 5.41) is 0. The molecule has 0 unspecified atom stereocenters. The highest BCUT2D eigenvalue weighted by atomic mass is 79.9. The lowest BCUT2D eigenvalue weighted by Crippen LogP contribution is -2.10. The van der Waals surface area contributed by atoms with Gasteiger partial charge in [0.25, 0.3) is 0 Å². The highest BCUT2D eigenvalue weighted by Crippen LogP contribution is 2.37. The van der Waals surface area contributed by atoms with Crippen LogP contribution >= 0.6 is 28.1 Å². The number of halogens is 1. The molecule has 0 atom stereocenters. The molecule has 3 nitrogen and oxygen atoms in total. The van der Waals surface area contributed by atoms with Crippen LogP contribution in [-0.2, 0) is 0 Å². The smallest absolute Gasteiger partial charge is 0.175 e. The summed E-state index contributed by atoms with van der Waals surface area (Å²) in [7, 11) is 0. The minimum atomic E-state index is 0.348. The minimum absolute atomic E-state index is 0.348. The van der Waals surface area contributed by atoms with Gasteiger partial charge in [-0.2, -0.15) is 0 Å². The van der Waals surface area contributed by atoms with Crippen LogP contribution in [-0.4, -0.2) is 18.2 Å². The van der Waals surface area contributed by atoms with Crippen LogP contribution in [0.25, 0.3) is 0 Å². The Morgan fingerprint density at radius 2 is 1.95 bits per heavy atom. The van der Waals surface area contributed by atoms with Crippen molar-refractivity contribution in [1.82, 2.24) is 0 Å². The van der Waals surface area contributed by atoms with Crippen molar-refractivity contribution in [2.45, 2.75) is 39.5 Å². The zero-order chi connectivity index (χ0) is 15.0. The fourth-order valence-electron chi connectivity index (χ4n) is 1.82. The molecule has 112 valence electrons. The number of benzene rings is 1. The molecule has 0 aliphatic carbocycles. The van der Waals surface area contributed by atoms with E-state index >= 15 is 0 Å². The van der Waals surface area contributed by atoms with Crippen LogP contribution < -0.4 is 15.2 Å². The first-order chi connectivity index (χ1) is 9.60. The van der Waals surface area contributed by atoms with Gasteiger partial charge in [-0.25, -0.2) is 0 Å². The summed E-state index contributed by atoms with van der Waals surface area (Å²) in [6.45, 7) is 5.38. The third kappa shape index (κ3) is 5.29. The van der Waals surface area contributed by atoms with Crippen molar-refractivity contribution in [3.63, 3.8) is 0 Å². The minimum Gasteiger partial charge on any atom is -0.490 e. The maximum atomic E-state index is 5.85. The van der Waals surface area contributed by atoms with Crippen LogP contribution in [0.3, 0.4) is 0 Å². The first-order valence-corrected chi connectivity index (χ1v) is 8.19. The second-order valence-electron chi connectivity index (χ2n) is 4.49. The second kappa shape index (κ2) is 9.19. The van der Waals surface area contributed by atoms with Gasteiger partial charge in [0.1, 0.15) is 4.99 Å². The molecule has 1 aromatic rings. The third-order valence-corrected chi connectivity index (χ3v) is 3.66. The van der Waals surface area contributed by atoms with Gasteiger partial charge in [0.2, 0.25) is 0 Å². The van der Waals surface area contributed by atoms with Gasteiger partial charge >= 0.3 is 0 Å². The third-order valence-electron chi connectivity index (χ3n) is 2.84. The summed E-state index contributed by atoms with van der Waals surface area (Å²) in [5.41, 5.74) is 6.44. The Bertz CT molecular complexity index is 452. The van der Waals surface area contributed by atoms with Crippen LogP contribution in [0, 0.1) is 0 Å². The van der Waals surface area contributed by atoms with E-state index in [9.17, 15) is 0 Å². The Balaban J connectivity index is 2.79. The van der Waals surface area contributed by atoms with Gasteiger partial charge in [-0.05, 0) is 41.4 Å². The number of thiocarbonyl (C=S) groups is 1. The number of ether oxygens (including phenoxy) is 2.